The van der Waals surface area contributed by atoms with Crippen molar-refractivity contribution in [2.24, 2.45) is 5.73 Å². The Morgan fingerprint density at radius 2 is 2.30 bits per heavy atom. The maximum atomic E-state index is 11.5. The summed E-state index contributed by atoms with van der Waals surface area (Å²) < 4.78 is 10.3. The number of nitrogens with zero attached hydrogens (tertiary/aromatic N) is 2. The SMILES string of the molecule is COC(=O)c1oc(CN2CCN(C)CC2CN)cc1C. The first-order valence-electron chi connectivity index (χ1n) is 6.85. The van der Waals surface area contributed by atoms with Gasteiger partial charge in [0, 0.05) is 37.8 Å². The molecule has 1 fully saturated rings. The highest BCUT2D eigenvalue weighted by Crippen LogP contribution is 2.19. The number of hydrogen-bond donors (Lipinski definition) is 1. The van der Waals surface area contributed by atoms with Gasteiger partial charge in [0.05, 0.1) is 13.7 Å². The molecule has 1 atom stereocenters. The number of aryl methyl sites for hydroxylation is 1. The molecule has 1 aliphatic heterocycles. The van der Waals surface area contributed by atoms with Crippen molar-refractivity contribution >= 4 is 5.97 Å². The summed E-state index contributed by atoms with van der Waals surface area (Å²) >= 11 is 0. The van der Waals surface area contributed by atoms with Gasteiger partial charge < -0.3 is 19.8 Å². The Kier molecular flexibility index (Phi) is 4.80. The third-order valence-corrected chi connectivity index (χ3v) is 3.78. The van der Waals surface area contributed by atoms with E-state index in [-0.39, 0.29) is 0 Å². The summed E-state index contributed by atoms with van der Waals surface area (Å²) in [6.45, 7) is 6.07. The van der Waals surface area contributed by atoms with Gasteiger partial charge in [-0.05, 0) is 20.0 Å². The van der Waals surface area contributed by atoms with E-state index in [9.17, 15) is 4.79 Å². The van der Waals surface area contributed by atoms with Crippen molar-refractivity contribution in [2.75, 3.05) is 40.3 Å². The minimum atomic E-state index is -0.428. The first-order chi connectivity index (χ1) is 9.55. The Morgan fingerprint density at radius 1 is 1.55 bits per heavy atom. The van der Waals surface area contributed by atoms with Crippen LogP contribution in [0.25, 0.3) is 0 Å². The molecule has 0 aromatic carbocycles. The summed E-state index contributed by atoms with van der Waals surface area (Å²) in [5.74, 6) is 0.648. The van der Waals surface area contributed by atoms with Crippen molar-refractivity contribution < 1.29 is 13.9 Å². The normalized spacial score (nSPS) is 21.1. The number of esters is 1. The monoisotopic (exact) mass is 281 g/mol. The largest absolute Gasteiger partial charge is 0.463 e. The summed E-state index contributed by atoms with van der Waals surface area (Å²) in [5.41, 5.74) is 6.65. The van der Waals surface area contributed by atoms with Crippen LogP contribution < -0.4 is 5.73 Å². The van der Waals surface area contributed by atoms with Crippen molar-refractivity contribution in [3.63, 3.8) is 0 Å². The lowest BCUT2D eigenvalue weighted by molar-refractivity contribution is 0.0551. The molecule has 0 saturated carbocycles. The molecular weight excluding hydrogens is 258 g/mol. The fourth-order valence-electron chi connectivity index (χ4n) is 2.60. The lowest BCUT2D eigenvalue weighted by Crippen LogP contribution is -2.54. The fourth-order valence-corrected chi connectivity index (χ4v) is 2.60. The molecule has 6 nitrogen and oxygen atoms in total. The molecule has 0 radical (unpaired) electrons. The second-order valence-corrected chi connectivity index (χ2v) is 5.34. The number of carbonyl (C=O) groups excluding carboxylic acids is 1. The molecule has 1 aromatic heterocycles. The number of methoxy groups -OCH3 is 1. The molecule has 1 aliphatic rings. The predicted molar refractivity (Wildman–Crippen MR) is 75.5 cm³/mol. The third kappa shape index (κ3) is 3.20. The van der Waals surface area contributed by atoms with Crippen LogP contribution in [0.1, 0.15) is 21.9 Å². The molecule has 6 heteroatoms. The van der Waals surface area contributed by atoms with Gasteiger partial charge >= 0.3 is 5.97 Å². The van der Waals surface area contributed by atoms with Crippen molar-refractivity contribution in [1.29, 1.82) is 0 Å². The Hall–Kier alpha value is -1.37. The fraction of sp³-hybridized carbons (Fsp3) is 0.643. The molecular formula is C14H23N3O3. The van der Waals surface area contributed by atoms with Gasteiger partial charge in [-0.25, -0.2) is 4.79 Å². The van der Waals surface area contributed by atoms with Gasteiger partial charge in [0.25, 0.3) is 0 Å². The van der Waals surface area contributed by atoms with Crippen LogP contribution in [0.5, 0.6) is 0 Å². The zero-order valence-electron chi connectivity index (χ0n) is 12.4. The van der Waals surface area contributed by atoms with Gasteiger partial charge in [-0.3, -0.25) is 4.90 Å². The second kappa shape index (κ2) is 6.39. The first kappa shape index (κ1) is 15.0. The average molecular weight is 281 g/mol. The van der Waals surface area contributed by atoms with E-state index < -0.39 is 5.97 Å². The van der Waals surface area contributed by atoms with Crippen molar-refractivity contribution in [3.8, 4) is 0 Å². The van der Waals surface area contributed by atoms with Crippen molar-refractivity contribution in [3.05, 3.63) is 23.2 Å². The van der Waals surface area contributed by atoms with Crippen LogP contribution in [0.3, 0.4) is 0 Å². The maximum Gasteiger partial charge on any atom is 0.374 e. The van der Waals surface area contributed by atoms with Crippen LogP contribution in [-0.2, 0) is 11.3 Å². The highest BCUT2D eigenvalue weighted by Gasteiger charge is 2.26. The van der Waals surface area contributed by atoms with E-state index in [1.165, 1.54) is 7.11 Å². The van der Waals surface area contributed by atoms with E-state index in [1.807, 2.05) is 13.0 Å². The number of rotatable bonds is 4. The molecule has 20 heavy (non-hydrogen) atoms. The van der Waals surface area contributed by atoms with Crippen LogP contribution in [-0.4, -0.2) is 62.1 Å². The van der Waals surface area contributed by atoms with E-state index in [0.29, 0.717) is 24.9 Å². The summed E-state index contributed by atoms with van der Waals surface area (Å²) in [6, 6.07) is 2.22. The topological polar surface area (TPSA) is 71.9 Å². The predicted octanol–water partition coefficient (Wildman–Crippen LogP) is 0.449. The molecule has 2 heterocycles. The maximum absolute atomic E-state index is 11.5. The van der Waals surface area contributed by atoms with Crippen LogP contribution in [0, 0.1) is 6.92 Å². The van der Waals surface area contributed by atoms with Crippen molar-refractivity contribution in [2.45, 2.75) is 19.5 Å². The molecule has 2 N–H and O–H groups in total. The molecule has 1 unspecified atom stereocenters. The number of likely N-dealkylation sites (N-methyl/N-ethyl adjacent to an activating group) is 1. The van der Waals surface area contributed by atoms with E-state index in [0.717, 1.165) is 31.0 Å². The molecule has 0 aliphatic carbocycles. The molecule has 112 valence electrons. The number of hydrogen-bond acceptors (Lipinski definition) is 6. The third-order valence-electron chi connectivity index (χ3n) is 3.78. The lowest BCUT2D eigenvalue weighted by Gasteiger charge is -2.39. The van der Waals surface area contributed by atoms with Gasteiger partial charge in [0.1, 0.15) is 5.76 Å². The second-order valence-electron chi connectivity index (χ2n) is 5.34. The first-order valence-corrected chi connectivity index (χ1v) is 6.85. The van der Waals surface area contributed by atoms with Gasteiger partial charge in [-0.1, -0.05) is 0 Å². The van der Waals surface area contributed by atoms with Crippen LogP contribution >= 0.6 is 0 Å². The average Bonchev–Trinajstić information content (AvgIpc) is 2.80. The number of ether oxygens (including phenoxy) is 1. The smallest absolute Gasteiger partial charge is 0.374 e. The molecule has 0 amide bonds. The van der Waals surface area contributed by atoms with Crippen LogP contribution in [0.15, 0.2) is 10.5 Å². The zero-order valence-corrected chi connectivity index (χ0v) is 12.4. The lowest BCUT2D eigenvalue weighted by atomic mass is 10.1. The van der Waals surface area contributed by atoms with Gasteiger partial charge in [0.15, 0.2) is 0 Å². The minimum absolute atomic E-state index is 0.293. The summed E-state index contributed by atoms with van der Waals surface area (Å²) in [7, 11) is 3.46. The van der Waals surface area contributed by atoms with Gasteiger partial charge in [-0.2, -0.15) is 0 Å². The Balaban J connectivity index is 2.07. The van der Waals surface area contributed by atoms with Gasteiger partial charge in [0.2, 0.25) is 5.76 Å². The van der Waals surface area contributed by atoms with E-state index >= 15 is 0 Å². The molecule has 1 aromatic rings. The number of nitrogens with two attached hydrogens (primary N) is 1. The summed E-state index contributed by atoms with van der Waals surface area (Å²) in [5, 5.41) is 0. The number of furan rings is 1. The molecule has 0 bridgehead atoms. The standard InChI is InChI=1S/C14H23N3O3/c1-10-6-12(20-13(10)14(18)19-3)9-17-5-4-16(2)8-11(17)7-15/h6,11H,4-5,7-9,15H2,1-3H3. The quantitative estimate of drug-likeness (QED) is 0.808. The minimum Gasteiger partial charge on any atom is -0.463 e. The van der Waals surface area contributed by atoms with Crippen LogP contribution in [0.4, 0.5) is 0 Å². The highest BCUT2D eigenvalue weighted by molar-refractivity contribution is 5.87. The van der Waals surface area contributed by atoms with Crippen molar-refractivity contribution in [1.82, 2.24) is 9.80 Å². The molecule has 1 saturated heterocycles. The number of carbonyl (C=O) groups is 1. The van der Waals surface area contributed by atoms with E-state index in [1.54, 1.807) is 0 Å². The Labute approximate surface area is 119 Å². The molecule has 0 spiro atoms. The Morgan fingerprint density at radius 3 is 2.95 bits per heavy atom. The van der Waals surface area contributed by atoms with E-state index in [2.05, 4.69) is 16.8 Å². The van der Waals surface area contributed by atoms with E-state index in [4.69, 9.17) is 14.9 Å². The van der Waals surface area contributed by atoms with Gasteiger partial charge in [-0.15, -0.1) is 0 Å². The summed E-state index contributed by atoms with van der Waals surface area (Å²) in [4.78, 5) is 16.1. The highest BCUT2D eigenvalue weighted by atomic mass is 16.5. The number of piperazine rings is 1. The van der Waals surface area contributed by atoms with Crippen LogP contribution in [0.2, 0.25) is 0 Å². The Bertz CT molecular complexity index is 472. The summed E-state index contributed by atoms with van der Waals surface area (Å²) in [6.07, 6.45) is 0. The zero-order chi connectivity index (χ0) is 14.7. The molecule has 2 rings (SSSR count).